The number of hydrogen-bond donors (Lipinski definition) is 1. The summed E-state index contributed by atoms with van der Waals surface area (Å²) in [6.45, 7) is 0. The standard InChI is InChI=1S/C13H17F2NOS/c14-13(15)7-3-4-10(8-13)9-18(17)12-6-2-1-5-11(12)16/h1-2,5-6,10H,3-4,7-9,16H2. The van der Waals surface area contributed by atoms with Gasteiger partial charge in [-0.3, -0.25) is 4.21 Å². The van der Waals surface area contributed by atoms with Crippen molar-refractivity contribution in [1.82, 2.24) is 0 Å². The van der Waals surface area contributed by atoms with Crippen molar-refractivity contribution in [3.63, 3.8) is 0 Å². The van der Waals surface area contributed by atoms with E-state index in [1.165, 1.54) is 0 Å². The Hall–Kier alpha value is -0.970. The van der Waals surface area contributed by atoms with Gasteiger partial charge in [0.25, 0.3) is 0 Å². The van der Waals surface area contributed by atoms with Crippen LogP contribution in [0.25, 0.3) is 0 Å². The van der Waals surface area contributed by atoms with E-state index in [-0.39, 0.29) is 24.5 Å². The van der Waals surface area contributed by atoms with Gasteiger partial charge in [0.05, 0.1) is 15.7 Å². The van der Waals surface area contributed by atoms with Gasteiger partial charge in [-0.2, -0.15) is 0 Å². The van der Waals surface area contributed by atoms with Crippen LogP contribution in [0.2, 0.25) is 0 Å². The zero-order chi connectivity index (χ0) is 13.2. The van der Waals surface area contributed by atoms with Gasteiger partial charge in [0.1, 0.15) is 0 Å². The van der Waals surface area contributed by atoms with Crippen LogP contribution in [0.3, 0.4) is 0 Å². The normalized spacial score (nSPS) is 24.7. The first-order chi connectivity index (χ1) is 8.48. The zero-order valence-corrected chi connectivity index (χ0v) is 10.9. The molecule has 0 bridgehead atoms. The summed E-state index contributed by atoms with van der Waals surface area (Å²) in [4.78, 5) is 0.561. The van der Waals surface area contributed by atoms with Crippen molar-refractivity contribution in [3.05, 3.63) is 24.3 Å². The number of para-hydroxylation sites is 1. The maximum absolute atomic E-state index is 13.3. The van der Waals surface area contributed by atoms with Crippen LogP contribution < -0.4 is 5.73 Å². The summed E-state index contributed by atoms with van der Waals surface area (Å²) in [6, 6.07) is 6.92. The molecule has 100 valence electrons. The van der Waals surface area contributed by atoms with Crippen molar-refractivity contribution in [1.29, 1.82) is 0 Å². The minimum Gasteiger partial charge on any atom is -0.398 e. The first kappa shape index (κ1) is 13.5. The predicted octanol–water partition coefficient (Wildman–Crippen LogP) is 3.20. The molecular weight excluding hydrogens is 256 g/mol. The first-order valence-corrected chi connectivity index (χ1v) is 7.40. The fourth-order valence-corrected chi connectivity index (χ4v) is 3.86. The van der Waals surface area contributed by atoms with Gasteiger partial charge in [0, 0.05) is 24.3 Å². The lowest BCUT2D eigenvalue weighted by atomic mass is 9.88. The molecule has 0 heterocycles. The Bertz CT molecular complexity index is 450. The largest absolute Gasteiger partial charge is 0.398 e. The Kier molecular flexibility index (Phi) is 4.00. The lowest BCUT2D eigenvalue weighted by Gasteiger charge is -2.28. The first-order valence-electron chi connectivity index (χ1n) is 6.09. The van der Waals surface area contributed by atoms with Gasteiger partial charge in [-0.05, 0) is 30.9 Å². The maximum Gasteiger partial charge on any atom is 0.248 e. The Morgan fingerprint density at radius 3 is 2.78 bits per heavy atom. The van der Waals surface area contributed by atoms with E-state index in [0.717, 1.165) is 6.42 Å². The van der Waals surface area contributed by atoms with E-state index >= 15 is 0 Å². The molecular formula is C13H17F2NOS. The summed E-state index contributed by atoms with van der Waals surface area (Å²) in [7, 11) is -1.28. The number of rotatable bonds is 3. The lowest BCUT2D eigenvalue weighted by Crippen LogP contribution is -2.29. The number of nitrogen functional groups attached to an aromatic ring is 1. The third-order valence-corrected chi connectivity index (χ3v) is 4.93. The fourth-order valence-electron chi connectivity index (χ4n) is 2.41. The highest BCUT2D eigenvalue weighted by molar-refractivity contribution is 7.85. The molecule has 1 aliphatic rings. The van der Waals surface area contributed by atoms with Gasteiger partial charge in [-0.25, -0.2) is 8.78 Å². The molecule has 18 heavy (non-hydrogen) atoms. The molecule has 0 saturated heterocycles. The van der Waals surface area contributed by atoms with Crippen molar-refractivity contribution in [2.24, 2.45) is 5.92 Å². The number of nitrogens with two attached hydrogens (primary N) is 1. The second-order valence-electron chi connectivity index (χ2n) is 4.87. The van der Waals surface area contributed by atoms with E-state index in [2.05, 4.69) is 0 Å². The third kappa shape index (κ3) is 3.28. The maximum atomic E-state index is 13.3. The van der Waals surface area contributed by atoms with E-state index in [0.29, 0.717) is 17.0 Å². The van der Waals surface area contributed by atoms with Gasteiger partial charge in [0.15, 0.2) is 0 Å². The molecule has 1 aromatic carbocycles. The average Bonchev–Trinajstić information content (AvgIpc) is 2.28. The summed E-state index contributed by atoms with van der Waals surface area (Å²) < 4.78 is 38.7. The molecule has 2 N–H and O–H groups in total. The molecule has 2 rings (SSSR count). The molecule has 1 saturated carbocycles. The zero-order valence-electron chi connectivity index (χ0n) is 10.1. The highest BCUT2D eigenvalue weighted by Crippen LogP contribution is 2.37. The van der Waals surface area contributed by atoms with Crippen molar-refractivity contribution >= 4 is 16.5 Å². The minimum absolute atomic E-state index is 0.0381. The lowest BCUT2D eigenvalue weighted by molar-refractivity contribution is -0.0488. The summed E-state index contributed by atoms with van der Waals surface area (Å²) in [5.74, 6) is -2.48. The van der Waals surface area contributed by atoms with Crippen LogP contribution in [0.5, 0.6) is 0 Å². The van der Waals surface area contributed by atoms with E-state index < -0.39 is 16.7 Å². The van der Waals surface area contributed by atoms with Crippen molar-refractivity contribution < 1.29 is 13.0 Å². The molecule has 0 aliphatic heterocycles. The van der Waals surface area contributed by atoms with Gasteiger partial charge in [-0.1, -0.05) is 12.1 Å². The molecule has 0 radical (unpaired) electrons. The molecule has 2 nitrogen and oxygen atoms in total. The molecule has 0 aromatic heterocycles. The Morgan fingerprint density at radius 2 is 2.11 bits per heavy atom. The van der Waals surface area contributed by atoms with Crippen LogP contribution in [0.15, 0.2) is 29.2 Å². The highest BCUT2D eigenvalue weighted by atomic mass is 32.2. The summed E-state index contributed by atoms with van der Waals surface area (Å²) in [5, 5.41) is 0. The fraction of sp³-hybridized carbons (Fsp3) is 0.538. The van der Waals surface area contributed by atoms with Gasteiger partial charge in [-0.15, -0.1) is 0 Å². The number of halogens is 2. The highest BCUT2D eigenvalue weighted by Gasteiger charge is 2.36. The molecule has 2 unspecified atom stereocenters. The Morgan fingerprint density at radius 1 is 1.39 bits per heavy atom. The summed E-state index contributed by atoms with van der Waals surface area (Å²) in [5.41, 5.74) is 6.21. The van der Waals surface area contributed by atoms with Gasteiger partial charge < -0.3 is 5.73 Å². The predicted molar refractivity (Wildman–Crippen MR) is 69.0 cm³/mol. The van der Waals surface area contributed by atoms with Crippen molar-refractivity contribution in [2.45, 2.75) is 36.5 Å². The van der Waals surface area contributed by atoms with Crippen molar-refractivity contribution in [2.75, 3.05) is 11.5 Å². The summed E-state index contributed by atoms with van der Waals surface area (Å²) >= 11 is 0. The van der Waals surface area contributed by atoms with Gasteiger partial charge >= 0.3 is 0 Å². The van der Waals surface area contributed by atoms with E-state index in [4.69, 9.17) is 5.73 Å². The van der Waals surface area contributed by atoms with Crippen LogP contribution in [0.4, 0.5) is 14.5 Å². The second-order valence-corrected chi connectivity index (χ2v) is 6.33. The summed E-state index contributed by atoms with van der Waals surface area (Å²) in [6.07, 6.45) is 1.06. The smallest absolute Gasteiger partial charge is 0.248 e. The monoisotopic (exact) mass is 273 g/mol. The SMILES string of the molecule is Nc1ccccc1S(=O)CC1CCCC(F)(F)C1. The van der Waals surface area contributed by atoms with E-state index in [9.17, 15) is 13.0 Å². The topological polar surface area (TPSA) is 43.1 Å². The number of anilines is 1. The molecule has 0 amide bonds. The van der Waals surface area contributed by atoms with Gasteiger partial charge in [0.2, 0.25) is 5.92 Å². The Balaban J connectivity index is 2.02. The van der Waals surface area contributed by atoms with Crippen LogP contribution in [0.1, 0.15) is 25.7 Å². The van der Waals surface area contributed by atoms with E-state index in [1.54, 1.807) is 24.3 Å². The third-order valence-electron chi connectivity index (χ3n) is 3.29. The van der Waals surface area contributed by atoms with Crippen LogP contribution in [-0.2, 0) is 10.8 Å². The van der Waals surface area contributed by atoms with Crippen LogP contribution in [0, 0.1) is 5.92 Å². The molecule has 2 atom stereocenters. The number of alkyl halides is 2. The minimum atomic E-state index is -2.59. The average molecular weight is 273 g/mol. The Labute approximate surface area is 108 Å². The quantitative estimate of drug-likeness (QED) is 0.859. The number of benzene rings is 1. The molecule has 1 fully saturated rings. The molecule has 0 spiro atoms. The molecule has 1 aliphatic carbocycles. The van der Waals surface area contributed by atoms with E-state index in [1.807, 2.05) is 0 Å². The number of hydrogen-bond acceptors (Lipinski definition) is 2. The molecule has 1 aromatic rings. The second kappa shape index (κ2) is 5.34. The van der Waals surface area contributed by atoms with Crippen LogP contribution in [-0.4, -0.2) is 15.9 Å². The van der Waals surface area contributed by atoms with Crippen molar-refractivity contribution in [3.8, 4) is 0 Å². The van der Waals surface area contributed by atoms with Crippen LogP contribution >= 0.6 is 0 Å². The molecule has 5 heteroatoms.